The molecule has 1 aliphatic heterocycles. The highest BCUT2D eigenvalue weighted by molar-refractivity contribution is 5.89. The van der Waals surface area contributed by atoms with E-state index < -0.39 is 12.5 Å². The standard InChI is InChI=1S/C23H26F2N2O5/c1-30-19-8-7-15(11-20(19)31-2)9-10-27-14-17(12-21(27)28)22(29)26-13-16-5-3-4-6-18(16)32-23(24)25/h3-8,11,17,23H,9-10,12-14H2,1-2H3,(H,26,29). The third kappa shape index (κ3) is 5.87. The first-order valence-corrected chi connectivity index (χ1v) is 10.2. The second-order valence-electron chi connectivity index (χ2n) is 7.38. The number of alkyl halides is 2. The zero-order valence-corrected chi connectivity index (χ0v) is 18.0. The van der Waals surface area contributed by atoms with E-state index in [1.165, 1.54) is 6.07 Å². The van der Waals surface area contributed by atoms with Crippen molar-refractivity contribution in [2.45, 2.75) is 26.0 Å². The predicted octanol–water partition coefficient (Wildman–Crippen LogP) is 3.01. The first-order valence-electron chi connectivity index (χ1n) is 10.2. The van der Waals surface area contributed by atoms with Crippen LogP contribution in [0.15, 0.2) is 42.5 Å². The number of nitrogens with zero attached hydrogens (tertiary/aromatic N) is 1. The Morgan fingerprint density at radius 2 is 1.88 bits per heavy atom. The number of carbonyl (C=O) groups is 2. The Hall–Kier alpha value is -3.36. The minimum Gasteiger partial charge on any atom is -0.493 e. The number of para-hydroxylation sites is 1. The van der Waals surface area contributed by atoms with Crippen LogP contribution < -0.4 is 19.5 Å². The Labute approximate surface area is 185 Å². The van der Waals surface area contributed by atoms with Gasteiger partial charge < -0.3 is 24.4 Å². The number of carbonyl (C=O) groups excluding carboxylic acids is 2. The van der Waals surface area contributed by atoms with E-state index >= 15 is 0 Å². The third-order valence-corrected chi connectivity index (χ3v) is 5.35. The molecule has 32 heavy (non-hydrogen) atoms. The molecule has 1 aliphatic rings. The highest BCUT2D eigenvalue weighted by Gasteiger charge is 2.34. The molecule has 2 aromatic rings. The summed E-state index contributed by atoms with van der Waals surface area (Å²) in [5, 5.41) is 2.72. The smallest absolute Gasteiger partial charge is 0.387 e. The molecule has 0 saturated carbocycles. The van der Waals surface area contributed by atoms with Crippen LogP contribution in [0.5, 0.6) is 17.2 Å². The Bertz CT molecular complexity index is 954. The molecule has 1 saturated heterocycles. The predicted molar refractivity (Wildman–Crippen MR) is 113 cm³/mol. The van der Waals surface area contributed by atoms with Gasteiger partial charge in [-0.3, -0.25) is 9.59 Å². The van der Waals surface area contributed by atoms with Gasteiger partial charge in [-0.2, -0.15) is 8.78 Å². The summed E-state index contributed by atoms with van der Waals surface area (Å²) < 4.78 is 40.1. The highest BCUT2D eigenvalue weighted by Crippen LogP contribution is 2.28. The molecule has 0 aliphatic carbocycles. The Morgan fingerprint density at radius 1 is 1.12 bits per heavy atom. The molecule has 2 aromatic carbocycles. The van der Waals surface area contributed by atoms with E-state index in [0.717, 1.165) is 5.56 Å². The lowest BCUT2D eigenvalue weighted by atomic mass is 10.1. The summed E-state index contributed by atoms with van der Waals surface area (Å²) in [6.45, 7) is -2.12. The zero-order valence-electron chi connectivity index (χ0n) is 18.0. The summed E-state index contributed by atoms with van der Waals surface area (Å²) in [4.78, 5) is 26.6. The van der Waals surface area contributed by atoms with Gasteiger partial charge in [0.1, 0.15) is 5.75 Å². The molecule has 0 aromatic heterocycles. The van der Waals surface area contributed by atoms with Crippen molar-refractivity contribution in [3.63, 3.8) is 0 Å². The summed E-state index contributed by atoms with van der Waals surface area (Å²) in [5.74, 6) is 0.390. The summed E-state index contributed by atoms with van der Waals surface area (Å²) in [7, 11) is 3.13. The molecule has 1 N–H and O–H groups in total. The molecule has 0 bridgehead atoms. The SMILES string of the molecule is COc1ccc(CCN2CC(C(=O)NCc3ccccc3OC(F)F)CC2=O)cc1OC. The second kappa shape index (κ2) is 10.8. The minimum absolute atomic E-state index is 0.0156. The average molecular weight is 448 g/mol. The van der Waals surface area contributed by atoms with Crippen molar-refractivity contribution in [3.05, 3.63) is 53.6 Å². The zero-order chi connectivity index (χ0) is 23.1. The molecule has 1 fully saturated rings. The molecule has 1 unspecified atom stereocenters. The van der Waals surface area contributed by atoms with E-state index in [9.17, 15) is 18.4 Å². The summed E-state index contributed by atoms with van der Waals surface area (Å²) >= 11 is 0. The third-order valence-electron chi connectivity index (χ3n) is 5.35. The Morgan fingerprint density at radius 3 is 2.59 bits per heavy atom. The molecule has 1 atom stereocenters. The molecule has 0 radical (unpaired) electrons. The average Bonchev–Trinajstić information content (AvgIpc) is 3.16. The normalized spacial score (nSPS) is 15.7. The first-order chi connectivity index (χ1) is 15.4. The maximum atomic E-state index is 12.6. The summed E-state index contributed by atoms with van der Waals surface area (Å²) in [6.07, 6.45) is 0.728. The molecule has 172 valence electrons. The molecule has 7 nitrogen and oxygen atoms in total. The van der Waals surface area contributed by atoms with Crippen molar-refractivity contribution < 1.29 is 32.6 Å². The highest BCUT2D eigenvalue weighted by atomic mass is 19.3. The fraction of sp³-hybridized carbons (Fsp3) is 0.391. The van der Waals surface area contributed by atoms with Gasteiger partial charge in [0, 0.05) is 31.6 Å². The van der Waals surface area contributed by atoms with E-state index in [-0.39, 0.29) is 30.5 Å². The van der Waals surface area contributed by atoms with Gasteiger partial charge in [-0.25, -0.2) is 0 Å². The van der Waals surface area contributed by atoms with Crippen molar-refractivity contribution in [1.29, 1.82) is 0 Å². The number of likely N-dealkylation sites (tertiary alicyclic amines) is 1. The van der Waals surface area contributed by atoms with Crippen LogP contribution in [-0.2, 0) is 22.6 Å². The van der Waals surface area contributed by atoms with Crippen LogP contribution in [0.25, 0.3) is 0 Å². The van der Waals surface area contributed by atoms with E-state index in [1.54, 1.807) is 37.3 Å². The second-order valence-corrected chi connectivity index (χ2v) is 7.38. The Kier molecular flexibility index (Phi) is 7.86. The van der Waals surface area contributed by atoms with Gasteiger partial charge in [-0.1, -0.05) is 24.3 Å². The number of halogens is 2. The van der Waals surface area contributed by atoms with Gasteiger partial charge in [0.25, 0.3) is 0 Å². The largest absolute Gasteiger partial charge is 0.493 e. The van der Waals surface area contributed by atoms with Crippen LogP contribution in [0, 0.1) is 5.92 Å². The summed E-state index contributed by atoms with van der Waals surface area (Å²) in [5.41, 5.74) is 1.43. The van der Waals surface area contributed by atoms with Crippen molar-refractivity contribution in [2.24, 2.45) is 5.92 Å². The summed E-state index contributed by atoms with van der Waals surface area (Å²) in [6, 6.07) is 11.9. The molecule has 9 heteroatoms. The molecule has 2 amide bonds. The molecule has 1 heterocycles. The van der Waals surface area contributed by atoms with E-state index in [1.807, 2.05) is 18.2 Å². The van der Waals surface area contributed by atoms with Crippen LogP contribution >= 0.6 is 0 Å². The van der Waals surface area contributed by atoms with Crippen molar-refractivity contribution in [1.82, 2.24) is 10.2 Å². The lowest BCUT2D eigenvalue weighted by molar-refractivity contribution is -0.129. The maximum absolute atomic E-state index is 12.6. The van der Waals surface area contributed by atoms with Crippen molar-refractivity contribution in [3.8, 4) is 17.2 Å². The Balaban J connectivity index is 1.53. The number of methoxy groups -OCH3 is 2. The van der Waals surface area contributed by atoms with Gasteiger partial charge in [0.2, 0.25) is 11.8 Å². The quantitative estimate of drug-likeness (QED) is 0.605. The van der Waals surface area contributed by atoms with Gasteiger partial charge in [-0.15, -0.1) is 0 Å². The number of hydrogen-bond acceptors (Lipinski definition) is 5. The van der Waals surface area contributed by atoms with E-state index in [4.69, 9.17) is 9.47 Å². The van der Waals surface area contributed by atoms with Crippen molar-refractivity contribution in [2.75, 3.05) is 27.3 Å². The lowest BCUT2D eigenvalue weighted by Crippen LogP contribution is -2.33. The number of nitrogens with one attached hydrogen (secondary N) is 1. The molecular weight excluding hydrogens is 422 g/mol. The van der Waals surface area contributed by atoms with E-state index in [2.05, 4.69) is 10.1 Å². The number of ether oxygens (including phenoxy) is 3. The fourth-order valence-electron chi connectivity index (χ4n) is 3.65. The lowest BCUT2D eigenvalue weighted by Gasteiger charge is -2.17. The first kappa shape index (κ1) is 23.3. The number of rotatable bonds is 10. The van der Waals surface area contributed by atoms with Crippen LogP contribution in [0.4, 0.5) is 8.78 Å². The van der Waals surface area contributed by atoms with Crippen LogP contribution in [0.2, 0.25) is 0 Å². The van der Waals surface area contributed by atoms with E-state index in [0.29, 0.717) is 36.6 Å². The van der Waals surface area contributed by atoms with Crippen LogP contribution in [-0.4, -0.2) is 50.6 Å². The molecule has 0 spiro atoms. The maximum Gasteiger partial charge on any atom is 0.387 e. The number of hydrogen-bond donors (Lipinski definition) is 1. The number of amides is 2. The van der Waals surface area contributed by atoms with Gasteiger partial charge in [0.15, 0.2) is 11.5 Å². The minimum atomic E-state index is -2.95. The van der Waals surface area contributed by atoms with Crippen LogP contribution in [0.1, 0.15) is 17.5 Å². The number of benzene rings is 2. The van der Waals surface area contributed by atoms with Gasteiger partial charge in [-0.05, 0) is 30.2 Å². The monoisotopic (exact) mass is 448 g/mol. The van der Waals surface area contributed by atoms with Crippen LogP contribution in [0.3, 0.4) is 0 Å². The van der Waals surface area contributed by atoms with Gasteiger partial charge in [0.05, 0.1) is 20.1 Å². The topological polar surface area (TPSA) is 77.1 Å². The molecule has 3 rings (SSSR count). The fourth-order valence-corrected chi connectivity index (χ4v) is 3.65. The molecular formula is C23H26F2N2O5. The van der Waals surface area contributed by atoms with Crippen molar-refractivity contribution >= 4 is 11.8 Å². The van der Waals surface area contributed by atoms with Gasteiger partial charge >= 0.3 is 6.61 Å².